The van der Waals surface area contributed by atoms with Crippen LogP contribution in [-0.2, 0) is 6.61 Å². The van der Waals surface area contributed by atoms with Crippen molar-refractivity contribution in [3.8, 4) is 23.0 Å². The van der Waals surface area contributed by atoms with Crippen molar-refractivity contribution in [2.24, 2.45) is 0 Å². The van der Waals surface area contributed by atoms with Crippen molar-refractivity contribution in [2.75, 3.05) is 14.2 Å². The van der Waals surface area contributed by atoms with Gasteiger partial charge in [0.1, 0.15) is 35.2 Å². The largest absolute Gasteiger partial charge is 0.496 e. The summed E-state index contributed by atoms with van der Waals surface area (Å²) in [6.45, 7) is 3.82. The first-order valence-corrected chi connectivity index (χ1v) is 9.13. The van der Waals surface area contributed by atoms with Crippen LogP contribution >= 0.6 is 0 Å². The van der Waals surface area contributed by atoms with Crippen LogP contribution < -0.4 is 18.9 Å². The zero-order valence-electron chi connectivity index (χ0n) is 16.7. The molecule has 3 rings (SSSR count). The van der Waals surface area contributed by atoms with Crippen LogP contribution in [0.5, 0.6) is 23.0 Å². The number of hydrogen-bond acceptors (Lipinski definition) is 6. The number of ketones is 1. The standard InChI is InChI=1S/C24H21O6/c1-16(25)23-21(28-3)13-20(27-2)14-22(23)30-24(26)18-9-11-19(12-10-18)29-15-17-7-5-4-6-8-17/h4-14H,1,15H2,2-3H3. The molecule has 0 bridgehead atoms. The first kappa shape index (κ1) is 20.9. The topological polar surface area (TPSA) is 71.1 Å². The molecular weight excluding hydrogens is 384 g/mol. The van der Waals surface area contributed by atoms with Gasteiger partial charge in [-0.15, -0.1) is 0 Å². The zero-order valence-corrected chi connectivity index (χ0v) is 16.7. The van der Waals surface area contributed by atoms with E-state index in [1.54, 1.807) is 24.3 Å². The molecule has 0 N–H and O–H groups in total. The summed E-state index contributed by atoms with van der Waals surface area (Å²) < 4.78 is 21.6. The molecule has 0 spiro atoms. The van der Waals surface area contributed by atoms with E-state index in [4.69, 9.17) is 18.9 Å². The minimum Gasteiger partial charge on any atom is -0.496 e. The summed E-state index contributed by atoms with van der Waals surface area (Å²) in [5.74, 6) is 0.0446. The van der Waals surface area contributed by atoms with Gasteiger partial charge >= 0.3 is 5.97 Å². The van der Waals surface area contributed by atoms with Crippen molar-refractivity contribution >= 4 is 11.8 Å². The molecule has 153 valence electrons. The van der Waals surface area contributed by atoms with Gasteiger partial charge < -0.3 is 18.9 Å². The highest BCUT2D eigenvalue weighted by Gasteiger charge is 2.20. The Morgan fingerprint density at radius 1 is 0.833 bits per heavy atom. The number of carbonyl (C=O) groups excluding carboxylic acids is 2. The molecule has 0 aliphatic rings. The van der Waals surface area contributed by atoms with Gasteiger partial charge in [-0.2, -0.15) is 0 Å². The molecule has 0 aromatic heterocycles. The molecule has 30 heavy (non-hydrogen) atoms. The smallest absolute Gasteiger partial charge is 0.343 e. The lowest BCUT2D eigenvalue weighted by Crippen LogP contribution is -2.12. The Bertz CT molecular complexity index is 1030. The van der Waals surface area contributed by atoms with Crippen molar-refractivity contribution < 1.29 is 28.5 Å². The molecule has 0 unspecified atom stereocenters. The monoisotopic (exact) mass is 405 g/mol. The summed E-state index contributed by atoms with van der Waals surface area (Å²) in [4.78, 5) is 24.6. The van der Waals surface area contributed by atoms with Gasteiger partial charge in [-0.25, -0.2) is 4.79 Å². The van der Waals surface area contributed by atoms with Crippen LogP contribution in [0.15, 0.2) is 66.7 Å². The summed E-state index contributed by atoms with van der Waals surface area (Å²) in [5, 5.41) is 0. The van der Waals surface area contributed by atoms with Crippen LogP contribution in [0.2, 0.25) is 0 Å². The zero-order chi connectivity index (χ0) is 21.5. The average molecular weight is 405 g/mol. The van der Waals surface area contributed by atoms with Gasteiger partial charge in [-0.1, -0.05) is 30.3 Å². The number of hydrogen-bond donors (Lipinski definition) is 0. The molecule has 0 atom stereocenters. The third-order valence-corrected chi connectivity index (χ3v) is 4.31. The Kier molecular flexibility index (Phi) is 6.70. The van der Waals surface area contributed by atoms with Crippen LogP contribution in [0.4, 0.5) is 0 Å². The van der Waals surface area contributed by atoms with Crippen molar-refractivity contribution in [2.45, 2.75) is 6.61 Å². The molecule has 0 saturated carbocycles. The van der Waals surface area contributed by atoms with E-state index in [1.165, 1.54) is 26.4 Å². The van der Waals surface area contributed by atoms with Crippen LogP contribution in [0, 0.1) is 6.92 Å². The Morgan fingerprint density at radius 2 is 1.50 bits per heavy atom. The lowest BCUT2D eigenvalue weighted by atomic mass is 10.1. The first-order valence-electron chi connectivity index (χ1n) is 9.13. The third-order valence-electron chi connectivity index (χ3n) is 4.31. The van der Waals surface area contributed by atoms with E-state index < -0.39 is 11.8 Å². The fourth-order valence-corrected chi connectivity index (χ4v) is 2.79. The van der Waals surface area contributed by atoms with Crippen molar-refractivity contribution in [1.29, 1.82) is 0 Å². The summed E-state index contributed by atoms with van der Waals surface area (Å²) in [6.07, 6.45) is 0. The highest BCUT2D eigenvalue weighted by molar-refractivity contribution is 6.05. The second-order valence-electron chi connectivity index (χ2n) is 6.31. The molecule has 0 aliphatic carbocycles. The van der Waals surface area contributed by atoms with Crippen LogP contribution in [0.3, 0.4) is 0 Å². The quantitative estimate of drug-likeness (QED) is 0.312. The minimum atomic E-state index is -0.637. The molecule has 6 heteroatoms. The summed E-state index contributed by atoms with van der Waals surface area (Å²) in [5.41, 5.74) is 1.40. The Morgan fingerprint density at radius 3 is 2.10 bits per heavy atom. The summed E-state index contributed by atoms with van der Waals surface area (Å²) in [6, 6.07) is 19.3. The van der Waals surface area contributed by atoms with E-state index in [-0.39, 0.29) is 17.1 Å². The number of benzene rings is 3. The Hall–Kier alpha value is -3.80. The lowest BCUT2D eigenvalue weighted by Gasteiger charge is -2.14. The lowest BCUT2D eigenvalue weighted by molar-refractivity contribution is 0.0732. The van der Waals surface area contributed by atoms with Gasteiger partial charge in [0.15, 0.2) is 5.78 Å². The fraction of sp³-hybridized carbons (Fsp3) is 0.125. The number of esters is 1. The van der Waals surface area contributed by atoms with E-state index in [0.29, 0.717) is 23.7 Å². The average Bonchev–Trinajstić information content (AvgIpc) is 2.77. The van der Waals surface area contributed by atoms with Crippen molar-refractivity contribution in [3.05, 3.63) is 90.3 Å². The predicted octanol–water partition coefficient (Wildman–Crippen LogP) is 4.52. The van der Waals surface area contributed by atoms with E-state index >= 15 is 0 Å². The van der Waals surface area contributed by atoms with Gasteiger partial charge in [-0.3, -0.25) is 4.79 Å². The van der Waals surface area contributed by atoms with Gasteiger partial charge in [0.05, 0.1) is 19.8 Å². The van der Waals surface area contributed by atoms with Crippen LogP contribution in [-0.4, -0.2) is 26.0 Å². The maximum atomic E-state index is 12.6. The predicted molar refractivity (Wildman–Crippen MR) is 111 cm³/mol. The van der Waals surface area contributed by atoms with E-state index in [2.05, 4.69) is 6.92 Å². The molecule has 6 nitrogen and oxygen atoms in total. The SMILES string of the molecule is [CH2]C(=O)c1c(OC)cc(OC)cc1OC(=O)c1ccc(OCc2ccccc2)cc1. The van der Waals surface area contributed by atoms with E-state index in [0.717, 1.165) is 5.56 Å². The molecule has 0 heterocycles. The van der Waals surface area contributed by atoms with E-state index in [1.807, 2.05) is 30.3 Å². The molecule has 0 amide bonds. The first-order chi connectivity index (χ1) is 14.5. The number of carbonyl (C=O) groups is 2. The number of ether oxygens (including phenoxy) is 4. The number of methoxy groups -OCH3 is 2. The molecule has 0 saturated heterocycles. The van der Waals surface area contributed by atoms with Gasteiger partial charge in [0, 0.05) is 19.1 Å². The Balaban J connectivity index is 1.75. The number of Topliss-reactive ketones (excluding diaryl/α,β-unsaturated/α-hetero) is 1. The highest BCUT2D eigenvalue weighted by Crippen LogP contribution is 2.35. The molecule has 0 fully saturated rings. The van der Waals surface area contributed by atoms with Crippen LogP contribution in [0.1, 0.15) is 26.3 Å². The van der Waals surface area contributed by atoms with Gasteiger partial charge in [0.2, 0.25) is 0 Å². The van der Waals surface area contributed by atoms with Gasteiger partial charge in [0.25, 0.3) is 0 Å². The molecular formula is C24H21O6. The fourth-order valence-electron chi connectivity index (χ4n) is 2.79. The highest BCUT2D eigenvalue weighted by atomic mass is 16.5. The minimum absolute atomic E-state index is 0.0144. The normalized spacial score (nSPS) is 10.2. The molecule has 3 aromatic carbocycles. The third kappa shape index (κ3) is 4.97. The van der Waals surface area contributed by atoms with Crippen molar-refractivity contribution in [1.82, 2.24) is 0 Å². The van der Waals surface area contributed by atoms with Crippen LogP contribution in [0.25, 0.3) is 0 Å². The Labute approximate surface area is 175 Å². The van der Waals surface area contributed by atoms with Crippen molar-refractivity contribution in [3.63, 3.8) is 0 Å². The maximum absolute atomic E-state index is 12.6. The summed E-state index contributed by atoms with van der Waals surface area (Å²) in [7, 11) is 2.86. The second kappa shape index (κ2) is 9.60. The van der Waals surface area contributed by atoms with E-state index in [9.17, 15) is 9.59 Å². The molecule has 0 aliphatic heterocycles. The maximum Gasteiger partial charge on any atom is 0.343 e. The molecule has 1 radical (unpaired) electrons. The van der Waals surface area contributed by atoms with Gasteiger partial charge in [-0.05, 0) is 29.8 Å². The molecule has 3 aromatic rings. The summed E-state index contributed by atoms with van der Waals surface area (Å²) >= 11 is 0. The number of rotatable bonds is 8. The second-order valence-corrected chi connectivity index (χ2v) is 6.31.